The van der Waals surface area contributed by atoms with Crippen molar-refractivity contribution in [1.82, 2.24) is 24.7 Å². The van der Waals surface area contributed by atoms with Crippen LogP contribution in [0.5, 0.6) is 5.75 Å². The van der Waals surface area contributed by atoms with Gasteiger partial charge in [-0.2, -0.15) is 5.10 Å². The number of nitrogens with zero attached hydrogens (tertiary/aromatic N) is 5. The molecule has 0 saturated carbocycles. The summed E-state index contributed by atoms with van der Waals surface area (Å²) in [5, 5.41) is 7.55. The highest BCUT2D eigenvalue weighted by Crippen LogP contribution is 2.29. The molecule has 4 rings (SSSR count). The summed E-state index contributed by atoms with van der Waals surface area (Å²) in [6, 6.07) is 12.5. The fourth-order valence-electron chi connectivity index (χ4n) is 3.36. The van der Waals surface area contributed by atoms with E-state index in [1.807, 2.05) is 30.3 Å². The second kappa shape index (κ2) is 11.8. The molecule has 0 fully saturated rings. The average molecular weight is 475 g/mol. The second-order valence-electron chi connectivity index (χ2n) is 7.41. The van der Waals surface area contributed by atoms with Crippen molar-refractivity contribution in [3.05, 3.63) is 72.9 Å². The summed E-state index contributed by atoms with van der Waals surface area (Å²) in [5.41, 5.74) is 3.30. The van der Waals surface area contributed by atoms with E-state index in [0.717, 1.165) is 5.56 Å². The Morgan fingerprint density at radius 2 is 1.83 bits per heavy atom. The quantitative estimate of drug-likeness (QED) is 0.329. The van der Waals surface area contributed by atoms with Crippen LogP contribution in [0.1, 0.15) is 10.5 Å². The molecule has 180 valence electrons. The smallest absolute Gasteiger partial charge is 0.274 e. The zero-order chi connectivity index (χ0) is 24.5. The second-order valence-corrected chi connectivity index (χ2v) is 7.41. The molecule has 10 heteroatoms. The van der Waals surface area contributed by atoms with E-state index in [-0.39, 0.29) is 11.6 Å². The molecule has 0 aromatic carbocycles. The van der Waals surface area contributed by atoms with Crippen molar-refractivity contribution in [2.45, 2.75) is 6.54 Å². The van der Waals surface area contributed by atoms with Crippen molar-refractivity contribution >= 4 is 11.6 Å². The minimum absolute atomic E-state index is 0.236. The summed E-state index contributed by atoms with van der Waals surface area (Å²) in [6.07, 6.45) is 6.76. The van der Waals surface area contributed by atoms with Gasteiger partial charge in [0.2, 0.25) is 0 Å². The van der Waals surface area contributed by atoms with Gasteiger partial charge in [0, 0.05) is 37.5 Å². The van der Waals surface area contributed by atoms with Crippen molar-refractivity contribution in [3.8, 4) is 28.4 Å². The minimum Gasteiger partial charge on any atom is -0.494 e. The molecule has 0 bridgehead atoms. The first-order valence-electron chi connectivity index (χ1n) is 11.0. The van der Waals surface area contributed by atoms with Gasteiger partial charge in [0.15, 0.2) is 0 Å². The van der Waals surface area contributed by atoms with Gasteiger partial charge in [-0.05, 0) is 36.4 Å². The minimum atomic E-state index is -0.379. The maximum atomic E-state index is 13.2. The third-order valence-corrected chi connectivity index (χ3v) is 5.08. The van der Waals surface area contributed by atoms with Gasteiger partial charge in [-0.1, -0.05) is 6.07 Å². The number of hydrogen-bond donors (Lipinski definition) is 1. The molecule has 0 aliphatic heterocycles. The molecule has 0 unspecified atom stereocenters. The van der Waals surface area contributed by atoms with E-state index in [2.05, 4.69) is 25.4 Å². The average Bonchev–Trinajstić information content (AvgIpc) is 3.31. The van der Waals surface area contributed by atoms with Gasteiger partial charge in [0.05, 0.1) is 44.9 Å². The van der Waals surface area contributed by atoms with Crippen LogP contribution in [-0.4, -0.2) is 64.7 Å². The first-order valence-corrected chi connectivity index (χ1v) is 11.0. The van der Waals surface area contributed by atoms with Gasteiger partial charge in [-0.3, -0.25) is 19.4 Å². The largest absolute Gasteiger partial charge is 0.494 e. The van der Waals surface area contributed by atoms with Gasteiger partial charge in [0.1, 0.15) is 22.8 Å². The number of anilines is 1. The number of amides is 1. The Morgan fingerprint density at radius 1 is 0.971 bits per heavy atom. The highest BCUT2D eigenvalue weighted by molar-refractivity contribution is 6.05. The monoisotopic (exact) mass is 474 g/mol. The van der Waals surface area contributed by atoms with Gasteiger partial charge >= 0.3 is 0 Å². The van der Waals surface area contributed by atoms with Crippen LogP contribution < -0.4 is 10.1 Å². The van der Waals surface area contributed by atoms with Crippen LogP contribution in [0.25, 0.3) is 22.6 Å². The predicted octanol–water partition coefficient (Wildman–Crippen LogP) is 3.33. The SMILES string of the molecule is COCCOCCn1cc(NC(=O)c2ccc(OC)c(-c3ccncc3)n2)c(-c2ccccn2)n1. The number of carbonyl (C=O) groups excluding carboxylic acids is 1. The molecule has 35 heavy (non-hydrogen) atoms. The summed E-state index contributed by atoms with van der Waals surface area (Å²) in [4.78, 5) is 26.2. The molecule has 0 atom stereocenters. The van der Waals surface area contributed by atoms with Crippen molar-refractivity contribution in [2.75, 3.05) is 39.4 Å². The van der Waals surface area contributed by atoms with Crippen LogP contribution in [0.4, 0.5) is 5.69 Å². The Kier molecular flexibility index (Phi) is 8.10. The molecule has 1 amide bonds. The highest BCUT2D eigenvalue weighted by Gasteiger charge is 2.18. The highest BCUT2D eigenvalue weighted by atomic mass is 16.5. The van der Waals surface area contributed by atoms with Crippen LogP contribution in [-0.2, 0) is 16.0 Å². The molecule has 0 aliphatic rings. The Bertz CT molecular complexity index is 1250. The number of pyridine rings is 3. The standard InChI is InChI=1S/C25H26N6O4/c1-33-15-16-35-14-13-31-17-21(24(30-31)19-5-3-4-10-27-19)29-25(32)20-6-7-22(34-2)23(28-20)18-8-11-26-12-9-18/h3-12,17H,13-16H2,1-2H3,(H,29,32). The van der Waals surface area contributed by atoms with Crippen molar-refractivity contribution < 1.29 is 19.0 Å². The van der Waals surface area contributed by atoms with Gasteiger partial charge in [-0.25, -0.2) is 4.98 Å². The molecule has 10 nitrogen and oxygen atoms in total. The van der Waals surface area contributed by atoms with Crippen LogP contribution in [0.3, 0.4) is 0 Å². The van der Waals surface area contributed by atoms with Crippen LogP contribution in [0, 0.1) is 0 Å². The normalized spacial score (nSPS) is 10.8. The topological polar surface area (TPSA) is 113 Å². The maximum Gasteiger partial charge on any atom is 0.274 e. The lowest BCUT2D eigenvalue weighted by Gasteiger charge is -2.10. The van der Waals surface area contributed by atoms with Crippen LogP contribution in [0.2, 0.25) is 0 Å². The number of rotatable bonds is 11. The molecule has 4 heterocycles. The number of hydrogen-bond acceptors (Lipinski definition) is 8. The molecular weight excluding hydrogens is 448 g/mol. The van der Waals surface area contributed by atoms with Crippen molar-refractivity contribution in [1.29, 1.82) is 0 Å². The van der Waals surface area contributed by atoms with E-state index in [1.54, 1.807) is 55.8 Å². The van der Waals surface area contributed by atoms with Gasteiger partial charge in [0.25, 0.3) is 5.91 Å². The number of carbonyl (C=O) groups is 1. The summed E-state index contributed by atoms with van der Waals surface area (Å²) >= 11 is 0. The third-order valence-electron chi connectivity index (χ3n) is 5.08. The lowest BCUT2D eigenvalue weighted by atomic mass is 10.1. The van der Waals surface area contributed by atoms with E-state index in [1.165, 1.54) is 0 Å². The van der Waals surface area contributed by atoms with Crippen molar-refractivity contribution in [2.24, 2.45) is 0 Å². The number of aromatic nitrogens is 5. The number of ether oxygens (including phenoxy) is 3. The van der Waals surface area contributed by atoms with Gasteiger partial charge < -0.3 is 19.5 Å². The van der Waals surface area contributed by atoms with Crippen molar-refractivity contribution in [3.63, 3.8) is 0 Å². The van der Waals surface area contributed by atoms with E-state index >= 15 is 0 Å². The van der Waals surface area contributed by atoms with Gasteiger partial charge in [-0.15, -0.1) is 0 Å². The predicted molar refractivity (Wildman–Crippen MR) is 130 cm³/mol. The molecule has 0 saturated heterocycles. The third kappa shape index (κ3) is 6.05. The Hall–Kier alpha value is -4.15. The molecule has 4 aromatic heterocycles. The molecule has 0 spiro atoms. The fraction of sp³-hybridized carbons (Fsp3) is 0.240. The first kappa shape index (κ1) is 24.0. The first-order chi connectivity index (χ1) is 17.2. The van der Waals surface area contributed by atoms with E-state index in [0.29, 0.717) is 54.9 Å². The molecule has 0 aliphatic carbocycles. The maximum absolute atomic E-state index is 13.2. The number of methoxy groups -OCH3 is 2. The lowest BCUT2D eigenvalue weighted by molar-refractivity contribution is 0.0654. The van der Waals surface area contributed by atoms with Crippen LogP contribution >= 0.6 is 0 Å². The van der Waals surface area contributed by atoms with E-state index in [9.17, 15) is 4.79 Å². The van der Waals surface area contributed by atoms with E-state index < -0.39 is 0 Å². The Labute approximate surface area is 202 Å². The van der Waals surface area contributed by atoms with E-state index in [4.69, 9.17) is 14.2 Å². The summed E-state index contributed by atoms with van der Waals surface area (Å²) in [5.74, 6) is 0.180. The summed E-state index contributed by atoms with van der Waals surface area (Å²) < 4.78 is 17.7. The van der Waals surface area contributed by atoms with Crippen LogP contribution in [0.15, 0.2) is 67.3 Å². The zero-order valence-corrected chi connectivity index (χ0v) is 19.5. The zero-order valence-electron chi connectivity index (χ0n) is 19.5. The summed E-state index contributed by atoms with van der Waals surface area (Å²) in [6.45, 7) is 1.98. The molecule has 4 aromatic rings. The molecule has 0 radical (unpaired) electrons. The molecular formula is C25H26N6O4. The Balaban J connectivity index is 1.58. The Morgan fingerprint density at radius 3 is 2.57 bits per heavy atom. The summed E-state index contributed by atoms with van der Waals surface area (Å²) in [7, 11) is 3.19. The molecule has 1 N–H and O–H groups in total. The lowest BCUT2D eigenvalue weighted by Crippen LogP contribution is -2.14. The number of nitrogens with one attached hydrogen (secondary N) is 1. The fourth-order valence-corrected chi connectivity index (χ4v) is 3.36.